The van der Waals surface area contributed by atoms with Gasteiger partial charge in [0.1, 0.15) is 0 Å². The van der Waals surface area contributed by atoms with E-state index < -0.39 is 23.5 Å². The van der Waals surface area contributed by atoms with Crippen molar-refractivity contribution in [1.29, 1.82) is 0 Å². The molecule has 0 aromatic heterocycles. The molecule has 0 aliphatic rings. The topological polar surface area (TPSA) is 57.2 Å². The van der Waals surface area contributed by atoms with Crippen LogP contribution in [0.1, 0.15) is 0 Å². The van der Waals surface area contributed by atoms with Gasteiger partial charge in [0.05, 0.1) is 0 Å². The molecule has 3 aromatic rings. The SMILES string of the molecule is O=S(=O)([O-])C(F)(F)F.c1ccc(P(c2ccccc2)c2ccccc2)cc1. The van der Waals surface area contributed by atoms with E-state index in [4.69, 9.17) is 13.0 Å². The fraction of sp³-hybridized carbons (Fsp3) is 0.0526. The van der Waals surface area contributed by atoms with Gasteiger partial charge in [0.2, 0.25) is 0 Å². The van der Waals surface area contributed by atoms with Crippen molar-refractivity contribution in [2.45, 2.75) is 5.51 Å². The van der Waals surface area contributed by atoms with Crippen LogP contribution in [0.15, 0.2) is 91.0 Å². The predicted octanol–water partition coefficient (Wildman–Crippen LogP) is 3.50. The lowest BCUT2D eigenvalue weighted by Crippen LogP contribution is -2.21. The van der Waals surface area contributed by atoms with Crippen molar-refractivity contribution < 1.29 is 26.1 Å². The van der Waals surface area contributed by atoms with Gasteiger partial charge in [0.15, 0.2) is 10.1 Å². The second-order valence-electron chi connectivity index (χ2n) is 5.24. The van der Waals surface area contributed by atoms with Gasteiger partial charge in [-0.2, -0.15) is 13.2 Å². The number of alkyl halides is 3. The van der Waals surface area contributed by atoms with Crippen molar-refractivity contribution in [2.75, 3.05) is 0 Å². The Balaban J connectivity index is 0.000000279. The Morgan fingerprint density at radius 3 is 1.04 bits per heavy atom. The maximum absolute atomic E-state index is 10.7. The predicted molar refractivity (Wildman–Crippen MR) is 101 cm³/mol. The molecule has 0 fully saturated rings. The maximum atomic E-state index is 10.7. The molecule has 27 heavy (non-hydrogen) atoms. The van der Waals surface area contributed by atoms with Crippen molar-refractivity contribution >= 4 is 34.0 Å². The molecule has 0 aliphatic heterocycles. The molecule has 0 heterocycles. The Kier molecular flexibility index (Phi) is 7.13. The van der Waals surface area contributed by atoms with Gasteiger partial charge in [0.25, 0.3) is 0 Å². The van der Waals surface area contributed by atoms with Gasteiger partial charge >= 0.3 is 5.51 Å². The fourth-order valence-electron chi connectivity index (χ4n) is 2.18. The molecule has 0 N–H and O–H groups in total. The van der Waals surface area contributed by atoms with Gasteiger partial charge in [-0.1, -0.05) is 91.0 Å². The Morgan fingerprint density at radius 2 is 0.852 bits per heavy atom. The number of halogens is 3. The highest BCUT2D eigenvalue weighted by atomic mass is 32.2. The molecule has 0 atom stereocenters. The molecule has 0 aliphatic carbocycles. The minimum atomic E-state index is -6.09. The van der Waals surface area contributed by atoms with Gasteiger partial charge in [0, 0.05) is 0 Å². The first-order chi connectivity index (χ1) is 12.7. The summed E-state index contributed by atoms with van der Waals surface area (Å²) >= 11 is 0. The van der Waals surface area contributed by atoms with E-state index in [1.54, 1.807) is 0 Å². The molecule has 0 bridgehead atoms. The molecule has 0 amide bonds. The Hall–Kier alpha value is -2.21. The van der Waals surface area contributed by atoms with Gasteiger partial charge < -0.3 is 4.55 Å². The number of rotatable bonds is 3. The number of hydrogen-bond donors (Lipinski definition) is 0. The molecule has 0 unspecified atom stereocenters. The maximum Gasteiger partial charge on any atom is 0.485 e. The molecule has 0 radical (unpaired) electrons. The number of hydrogen-bond acceptors (Lipinski definition) is 3. The van der Waals surface area contributed by atoms with Crippen LogP contribution in [-0.4, -0.2) is 18.5 Å². The minimum Gasteiger partial charge on any atom is -0.741 e. The minimum absolute atomic E-state index is 0.446. The smallest absolute Gasteiger partial charge is 0.485 e. The van der Waals surface area contributed by atoms with Crippen LogP contribution in [0.25, 0.3) is 0 Å². The van der Waals surface area contributed by atoms with Crippen molar-refractivity contribution in [3.8, 4) is 0 Å². The molecule has 8 heteroatoms. The zero-order chi connectivity index (χ0) is 19.9. The van der Waals surface area contributed by atoms with Crippen LogP contribution in [0, 0.1) is 0 Å². The highest BCUT2D eigenvalue weighted by Gasteiger charge is 2.36. The molecule has 0 spiro atoms. The Labute approximate surface area is 157 Å². The second-order valence-corrected chi connectivity index (χ2v) is 8.83. The molecular weight excluding hydrogens is 396 g/mol. The van der Waals surface area contributed by atoms with Gasteiger partial charge in [-0.05, 0) is 23.8 Å². The van der Waals surface area contributed by atoms with Crippen LogP contribution in [0.2, 0.25) is 0 Å². The van der Waals surface area contributed by atoms with Crippen LogP contribution in [0.5, 0.6) is 0 Å². The molecule has 0 saturated heterocycles. The molecule has 3 nitrogen and oxygen atoms in total. The van der Waals surface area contributed by atoms with E-state index >= 15 is 0 Å². The third-order valence-electron chi connectivity index (χ3n) is 3.33. The van der Waals surface area contributed by atoms with E-state index in [1.807, 2.05) is 0 Å². The molecule has 3 rings (SSSR count). The summed E-state index contributed by atoms with van der Waals surface area (Å²) in [7, 11) is -6.54. The van der Waals surface area contributed by atoms with E-state index in [9.17, 15) is 13.2 Å². The van der Waals surface area contributed by atoms with Gasteiger partial charge in [-0.25, -0.2) is 8.42 Å². The average Bonchev–Trinajstić information content (AvgIpc) is 2.64. The first-order valence-corrected chi connectivity index (χ1v) is 10.4. The summed E-state index contributed by atoms with van der Waals surface area (Å²) in [5, 5.41) is 4.19. The third kappa shape index (κ3) is 6.17. The third-order valence-corrected chi connectivity index (χ3v) is 6.34. The lowest BCUT2D eigenvalue weighted by atomic mass is 10.4. The van der Waals surface area contributed by atoms with Crippen LogP contribution < -0.4 is 15.9 Å². The first kappa shape index (κ1) is 21.1. The summed E-state index contributed by atoms with van der Waals surface area (Å²) in [5.41, 5.74) is -5.65. The summed E-state index contributed by atoms with van der Waals surface area (Å²) in [6.45, 7) is 0. The van der Waals surface area contributed by atoms with Crippen molar-refractivity contribution in [2.24, 2.45) is 0 Å². The molecule has 0 saturated carbocycles. The zero-order valence-corrected chi connectivity index (χ0v) is 15.6. The van der Waals surface area contributed by atoms with E-state index in [-0.39, 0.29) is 0 Å². The zero-order valence-electron chi connectivity index (χ0n) is 13.9. The Bertz CT molecular complexity index is 838. The summed E-state index contributed by atoms with van der Waals surface area (Å²) in [6.07, 6.45) is 0. The van der Waals surface area contributed by atoms with E-state index in [0.717, 1.165) is 0 Å². The molecule has 3 aromatic carbocycles. The van der Waals surface area contributed by atoms with Crippen LogP contribution in [0.3, 0.4) is 0 Å². The average molecular weight is 411 g/mol. The van der Waals surface area contributed by atoms with Crippen molar-refractivity contribution in [3.63, 3.8) is 0 Å². The second kappa shape index (κ2) is 9.13. The van der Waals surface area contributed by atoms with Crippen molar-refractivity contribution in [1.82, 2.24) is 0 Å². The highest BCUT2D eigenvalue weighted by Crippen LogP contribution is 2.32. The van der Waals surface area contributed by atoms with Crippen molar-refractivity contribution in [3.05, 3.63) is 91.0 Å². The highest BCUT2D eigenvalue weighted by molar-refractivity contribution is 7.86. The lowest BCUT2D eigenvalue weighted by Gasteiger charge is -2.18. The first-order valence-electron chi connectivity index (χ1n) is 7.67. The van der Waals surface area contributed by atoms with Crippen LogP contribution >= 0.6 is 7.92 Å². The fourth-order valence-corrected chi connectivity index (χ4v) is 4.48. The normalized spacial score (nSPS) is 11.6. The van der Waals surface area contributed by atoms with Gasteiger partial charge in [-0.15, -0.1) is 0 Å². The monoisotopic (exact) mass is 411 g/mol. The largest absolute Gasteiger partial charge is 0.741 e. The van der Waals surface area contributed by atoms with Gasteiger partial charge in [-0.3, -0.25) is 0 Å². The van der Waals surface area contributed by atoms with Crippen LogP contribution in [-0.2, 0) is 10.1 Å². The molecule has 142 valence electrons. The summed E-state index contributed by atoms with van der Waals surface area (Å²) < 4.78 is 58.9. The summed E-state index contributed by atoms with van der Waals surface area (Å²) in [4.78, 5) is 0. The summed E-state index contributed by atoms with van der Waals surface area (Å²) in [5.74, 6) is 0. The quantitative estimate of drug-likeness (QED) is 0.377. The summed E-state index contributed by atoms with van der Waals surface area (Å²) in [6, 6.07) is 32.3. The standard InChI is InChI=1S/C18H15P.CHF3O3S/c1-4-10-16(11-5-1)19(17-12-6-2-7-13-17)18-14-8-3-9-15-18;2-1(3,4)8(5,6)7/h1-15H;(H,5,6,7)/p-1. The van der Waals surface area contributed by atoms with E-state index in [0.29, 0.717) is 0 Å². The molecular formula is C19H15F3O3PS-. The Morgan fingerprint density at radius 1 is 0.630 bits per heavy atom. The van der Waals surface area contributed by atoms with E-state index in [1.165, 1.54) is 15.9 Å². The van der Waals surface area contributed by atoms with Crippen LogP contribution in [0.4, 0.5) is 13.2 Å². The lowest BCUT2D eigenvalue weighted by molar-refractivity contribution is -0.0517. The number of benzene rings is 3. The van der Waals surface area contributed by atoms with E-state index in [2.05, 4.69) is 91.0 Å².